The fourth-order valence-corrected chi connectivity index (χ4v) is 5.45. The van der Waals surface area contributed by atoms with Gasteiger partial charge >= 0.3 is 0 Å². The Kier molecular flexibility index (Phi) is 5.58. The van der Waals surface area contributed by atoms with Crippen molar-refractivity contribution >= 4 is 33.4 Å². The van der Waals surface area contributed by atoms with E-state index in [9.17, 15) is 9.00 Å². The topological polar surface area (TPSA) is 89.2 Å². The summed E-state index contributed by atoms with van der Waals surface area (Å²) in [7, 11) is 0.123. The smallest absolute Gasteiger partial charge is 0.236 e. The molecule has 0 saturated carbocycles. The summed E-state index contributed by atoms with van der Waals surface area (Å²) in [5.41, 5.74) is 4.88. The number of fused-ring (bicyclic) bond motifs is 1. The van der Waals surface area contributed by atoms with Crippen LogP contribution in [0.4, 0.5) is 5.13 Å². The minimum absolute atomic E-state index is 0.000333. The fraction of sp³-hybridized carbons (Fsp3) is 0.286. The third-order valence-corrected chi connectivity index (χ3v) is 7.69. The number of benzene rings is 1. The lowest BCUT2D eigenvalue weighted by Crippen LogP contribution is -2.33. The van der Waals surface area contributed by atoms with Crippen molar-refractivity contribution in [3.63, 3.8) is 0 Å². The number of carbonyl (C=O) groups is 1. The molecule has 4 rings (SSSR count). The van der Waals surface area contributed by atoms with Crippen LogP contribution < -0.4 is 10.0 Å². The zero-order chi connectivity index (χ0) is 20.5. The number of nitrogens with zero attached hydrogens (tertiary/aromatic N) is 3. The average molecular weight is 427 g/mol. The first kappa shape index (κ1) is 19.9. The second kappa shape index (κ2) is 8.14. The number of thiazole rings is 1. The zero-order valence-corrected chi connectivity index (χ0v) is 17.9. The Bertz CT molecular complexity index is 1080. The van der Waals surface area contributed by atoms with Gasteiger partial charge in [0, 0.05) is 18.8 Å². The van der Waals surface area contributed by atoms with E-state index in [0.29, 0.717) is 15.0 Å². The van der Waals surface area contributed by atoms with E-state index >= 15 is 0 Å². The molecule has 0 saturated heterocycles. The van der Waals surface area contributed by atoms with Crippen LogP contribution in [-0.2, 0) is 22.2 Å². The van der Waals surface area contributed by atoms with Crippen molar-refractivity contribution in [3.05, 3.63) is 59.4 Å². The van der Waals surface area contributed by atoms with Crippen molar-refractivity contribution in [2.45, 2.75) is 36.3 Å². The summed E-state index contributed by atoms with van der Waals surface area (Å²) in [4.78, 5) is 23.7. The van der Waals surface area contributed by atoms with E-state index in [2.05, 4.69) is 22.1 Å². The van der Waals surface area contributed by atoms with Crippen LogP contribution in [0.1, 0.15) is 35.6 Å². The van der Waals surface area contributed by atoms with E-state index in [4.69, 9.17) is 5.14 Å². The predicted octanol–water partition coefficient (Wildman–Crippen LogP) is 3.58. The van der Waals surface area contributed by atoms with E-state index < -0.39 is 11.0 Å². The molecule has 29 heavy (non-hydrogen) atoms. The second-order valence-corrected chi connectivity index (χ2v) is 9.38. The summed E-state index contributed by atoms with van der Waals surface area (Å²) in [5.74, 6) is -0.211. The molecule has 1 aromatic carbocycles. The minimum atomic E-state index is -1.60. The number of aryl methyl sites for hydroxylation is 2. The fourth-order valence-electron chi connectivity index (χ4n) is 3.79. The molecule has 0 fully saturated rings. The van der Waals surface area contributed by atoms with Gasteiger partial charge in [0.15, 0.2) is 5.13 Å². The molecule has 2 unspecified atom stereocenters. The van der Waals surface area contributed by atoms with E-state index in [1.54, 1.807) is 25.1 Å². The Morgan fingerprint density at radius 1 is 1.31 bits per heavy atom. The SMILES string of the molecule is Cc1nc(N(C)C(=O)C2CCCc3cc(-c4ccccn4)ccc32)sc1S(N)=O. The van der Waals surface area contributed by atoms with Crippen molar-refractivity contribution in [2.24, 2.45) is 5.14 Å². The van der Waals surface area contributed by atoms with Crippen molar-refractivity contribution in [1.29, 1.82) is 0 Å². The van der Waals surface area contributed by atoms with Gasteiger partial charge in [-0.05, 0) is 55.5 Å². The maximum absolute atomic E-state index is 13.3. The minimum Gasteiger partial charge on any atom is -0.291 e. The van der Waals surface area contributed by atoms with Crippen LogP contribution in [0.5, 0.6) is 0 Å². The molecular weight excluding hydrogens is 404 g/mol. The summed E-state index contributed by atoms with van der Waals surface area (Å²) in [6, 6.07) is 12.1. The second-order valence-electron chi connectivity index (χ2n) is 7.14. The number of rotatable bonds is 4. The first-order valence-electron chi connectivity index (χ1n) is 9.41. The van der Waals surface area contributed by atoms with Crippen LogP contribution in [0.15, 0.2) is 46.8 Å². The van der Waals surface area contributed by atoms with Gasteiger partial charge in [-0.25, -0.2) is 14.3 Å². The molecule has 150 valence electrons. The van der Waals surface area contributed by atoms with E-state index in [1.165, 1.54) is 16.9 Å². The van der Waals surface area contributed by atoms with Crippen LogP contribution in [0.3, 0.4) is 0 Å². The molecule has 1 amide bonds. The molecule has 2 N–H and O–H groups in total. The lowest BCUT2D eigenvalue weighted by Gasteiger charge is -2.28. The van der Waals surface area contributed by atoms with Crippen molar-refractivity contribution in [2.75, 3.05) is 11.9 Å². The Morgan fingerprint density at radius 3 is 2.83 bits per heavy atom. The monoisotopic (exact) mass is 426 g/mol. The molecule has 3 aromatic rings. The van der Waals surface area contributed by atoms with Gasteiger partial charge < -0.3 is 0 Å². The third kappa shape index (κ3) is 3.88. The molecule has 2 heterocycles. The number of hydrogen-bond donors (Lipinski definition) is 1. The summed E-state index contributed by atoms with van der Waals surface area (Å²) in [5, 5.41) is 6.03. The summed E-state index contributed by atoms with van der Waals surface area (Å²) >= 11 is 1.21. The van der Waals surface area contributed by atoms with Gasteiger partial charge in [0.25, 0.3) is 0 Å². The molecular formula is C21H22N4O2S2. The molecule has 1 aliphatic carbocycles. The zero-order valence-electron chi connectivity index (χ0n) is 16.3. The van der Waals surface area contributed by atoms with Gasteiger partial charge in [0.2, 0.25) is 5.91 Å². The number of amides is 1. The molecule has 0 spiro atoms. The Morgan fingerprint density at radius 2 is 2.14 bits per heavy atom. The first-order valence-corrected chi connectivity index (χ1v) is 11.4. The number of hydrogen-bond acceptors (Lipinski definition) is 5. The highest BCUT2D eigenvalue weighted by atomic mass is 32.2. The van der Waals surface area contributed by atoms with Gasteiger partial charge in [0.1, 0.15) is 15.2 Å². The summed E-state index contributed by atoms with van der Waals surface area (Å²) in [6.45, 7) is 1.76. The summed E-state index contributed by atoms with van der Waals surface area (Å²) in [6.07, 6.45) is 4.50. The van der Waals surface area contributed by atoms with Crippen LogP contribution in [0.25, 0.3) is 11.3 Å². The molecule has 8 heteroatoms. The number of likely N-dealkylation sites (N-methyl/N-ethyl adjacent to an activating group) is 1. The van der Waals surface area contributed by atoms with Gasteiger partial charge in [-0.3, -0.25) is 14.7 Å². The Hall–Kier alpha value is -2.42. The van der Waals surface area contributed by atoms with Crippen LogP contribution in [0, 0.1) is 6.92 Å². The largest absolute Gasteiger partial charge is 0.291 e. The molecule has 1 aliphatic rings. The average Bonchev–Trinajstić information content (AvgIpc) is 3.14. The molecule has 6 nitrogen and oxygen atoms in total. The number of carbonyl (C=O) groups excluding carboxylic acids is 1. The van der Waals surface area contributed by atoms with Gasteiger partial charge in [0.05, 0.1) is 17.3 Å². The van der Waals surface area contributed by atoms with Crippen LogP contribution >= 0.6 is 11.3 Å². The standard InChI is InChI=1S/C21H22N4O2S2/c1-13-20(29(22)27)28-21(24-13)25(2)19(26)17-7-5-6-14-12-15(9-10-16(14)17)18-8-3-4-11-23-18/h3-4,8-12,17H,5-7,22H2,1-2H3. The molecule has 2 atom stereocenters. The molecule has 2 aromatic heterocycles. The van der Waals surface area contributed by atoms with E-state index in [-0.39, 0.29) is 11.8 Å². The highest BCUT2D eigenvalue weighted by molar-refractivity contribution is 7.85. The summed E-state index contributed by atoms with van der Waals surface area (Å²) < 4.78 is 12.1. The van der Waals surface area contributed by atoms with Crippen molar-refractivity contribution in [1.82, 2.24) is 9.97 Å². The Balaban J connectivity index is 1.63. The lowest BCUT2D eigenvalue weighted by molar-refractivity contribution is -0.120. The van der Waals surface area contributed by atoms with E-state index in [1.807, 2.05) is 24.3 Å². The number of nitrogens with two attached hydrogens (primary N) is 1. The maximum atomic E-state index is 13.3. The molecule has 0 radical (unpaired) electrons. The first-order chi connectivity index (χ1) is 14.0. The van der Waals surface area contributed by atoms with Gasteiger partial charge in [-0.15, -0.1) is 0 Å². The highest BCUT2D eigenvalue weighted by Gasteiger charge is 2.31. The lowest BCUT2D eigenvalue weighted by atomic mass is 9.81. The van der Waals surface area contributed by atoms with Crippen LogP contribution in [0.2, 0.25) is 0 Å². The van der Waals surface area contributed by atoms with Gasteiger partial charge in [-0.2, -0.15) is 0 Å². The quantitative estimate of drug-likeness (QED) is 0.691. The van der Waals surface area contributed by atoms with Crippen LogP contribution in [-0.4, -0.2) is 27.1 Å². The third-order valence-electron chi connectivity index (χ3n) is 5.26. The normalized spacial score (nSPS) is 16.9. The number of anilines is 1. The van der Waals surface area contributed by atoms with Gasteiger partial charge in [-0.1, -0.05) is 29.5 Å². The molecule has 0 bridgehead atoms. The highest BCUT2D eigenvalue weighted by Crippen LogP contribution is 2.37. The van der Waals surface area contributed by atoms with E-state index in [0.717, 1.165) is 36.1 Å². The Labute approximate surface area is 176 Å². The van der Waals surface area contributed by atoms with Crippen molar-refractivity contribution < 1.29 is 9.00 Å². The maximum Gasteiger partial charge on any atom is 0.236 e. The van der Waals surface area contributed by atoms with Crippen molar-refractivity contribution in [3.8, 4) is 11.3 Å². The number of pyridine rings is 1. The predicted molar refractivity (Wildman–Crippen MR) is 116 cm³/mol. The molecule has 0 aliphatic heterocycles. The number of aromatic nitrogens is 2.